The van der Waals surface area contributed by atoms with Crippen molar-refractivity contribution in [1.29, 1.82) is 0 Å². The number of Topliss-reactive ketones (excluding diaryl/α,β-unsaturated/α-hetero) is 1. The maximum Gasteiger partial charge on any atom is 0.238 e. The summed E-state index contributed by atoms with van der Waals surface area (Å²) in [5.74, 6) is -0.394. The van der Waals surface area contributed by atoms with Gasteiger partial charge >= 0.3 is 0 Å². The van der Waals surface area contributed by atoms with E-state index in [2.05, 4.69) is 15.2 Å². The lowest BCUT2D eigenvalue weighted by Crippen LogP contribution is -2.37. The van der Waals surface area contributed by atoms with Crippen LogP contribution in [0.25, 0.3) is 22.2 Å². The molecule has 0 saturated carbocycles. The van der Waals surface area contributed by atoms with Gasteiger partial charge in [-0.15, -0.1) is 0 Å². The normalized spacial score (nSPS) is 11.0. The first-order valence-corrected chi connectivity index (χ1v) is 11.9. The number of amides is 2. The van der Waals surface area contributed by atoms with E-state index in [1.807, 2.05) is 73.5 Å². The van der Waals surface area contributed by atoms with E-state index in [9.17, 15) is 14.4 Å². The third kappa shape index (κ3) is 5.53. The highest BCUT2D eigenvalue weighted by molar-refractivity contribution is 6.14. The van der Waals surface area contributed by atoms with E-state index in [-0.39, 0.29) is 30.7 Å². The molecule has 36 heavy (non-hydrogen) atoms. The Balaban J connectivity index is 1.52. The van der Waals surface area contributed by atoms with E-state index in [1.54, 1.807) is 24.3 Å². The second-order valence-corrected chi connectivity index (χ2v) is 8.70. The number of nitrogens with zero attached hydrogens (tertiary/aromatic N) is 2. The predicted molar refractivity (Wildman–Crippen MR) is 144 cm³/mol. The van der Waals surface area contributed by atoms with Crippen molar-refractivity contribution in [3.63, 3.8) is 0 Å². The van der Waals surface area contributed by atoms with Gasteiger partial charge in [0.1, 0.15) is 0 Å². The number of hydrogen-bond acceptors (Lipinski definition) is 4. The van der Waals surface area contributed by atoms with Crippen LogP contribution in [-0.4, -0.2) is 46.7 Å². The Kier molecular flexibility index (Phi) is 7.61. The Hall–Kier alpha value is -4.23. The first-order valence-electron chi connectivity index (χ1n) is 11.9. The lowest BCUT2D eigenvalue weighted by atomic mass is 10.0. The van der Waals surface area contributed by atoms with Gasteiger partial charge in [0.2, 0.25) is 11.8 Å². The third-order valence-corrected chi connectivity index (χ3v) is 6.10. The van der Waals surface area contributed by atoms with Crippen LogP contribution in [0, 0.1) is 0 Å². The van der Waals surface area contributed by atoms with Gasteiger partial charge in [-0.05, 0) is 42.4 Å². The second-order valence-electron chi connectivity index (χ2n) is 8.70. The summed E-state index contributed by atoms with van der Waals surface area (Å²) in [6, 6.07) is 24.7. The Morgan fingerprint density at radius 2 is 1.42 bits per heavy atom. The van der Waals surface area contributed by atoms with Crippen LogP contribution >= 0.6 is 0 Å². The average Bonchev–Trinajstić information content (AvgIpc) is 3.17. The molecule has 0 bridgehead atoms. The molecule has 184 valence electrons. The summed E-state index contributed by atoms with van der Waals surface area (Å²) in [6.07, 6.45) is 0. The Bertz CT molecular complexity index is 1390. The number of anilines is 2. The van der Waals surface area contributed by atoms with Crippen molar-refractivity contribution < 1.29 is 14.4 Å². The lowest BCUT2D eigenvalue weighted by molar-refractivity contribution is -0.117. The quantitative estimate of drug-likeness (QED) is 0.331. The van der Waals surface area contributed by atoms with Crippen molar-refractivity contribution in [3.8, 4) is 11.3 Å². The molecule has 3 aromatic carbocycles. The number of para-hydroxylation sites is 1. The first-order chi connectivity index (χ1) is 17.4. The van der Waals surface area contributed by atoms with Crippen molar-refractivity contribution in [2.24, 2.45) is 7.05 Å². The zero-order valence-electron chi connectivity index (χ0n) is 20.7. The van der Waals surface area contributed by atoms with Crippen LogP contribution in [-0.2, 0) is 16.6 Å². The van der Waals surface area contributed by atoms with Gasteiger partial charge in [0.05, 0.1) is 24.3 Å². The van der Waals surface area contributed by atoms with E-state index < -0.39 is 0 Å². The number of carbonyl (C=O) groups is 3. The van der Waals surface area contributed by atoms with E-state index >= 15 is 0 Å². The van der Waals surface area contributed by atoms with Crippen LogP contribution in [0.1, 0.15) is 24.2 Å². The molecule has 7 heteroatoms. The lowest BCUT2D eigenvalue weighted by Gasteiger charge is -2.19. The van der Waals surface area contributed by atoms with Crippen molar-refractivity contribution in [3.05, 3.63) is 84.4 Å². The second kappa shape index (κ2) is 11.0. The van der Waals surface area contributed by atoms with Gasteiger partial charge in [0.15, 0.2) is 5.78 Å². The first kappa shape index (κ1) is 24.9. The molecule has 0 aliphatic carbocycles. The van der Waals surface area contributed by atoms with E-state index in [1.165, 1.54) is 6.92 Å². The molecule has 1 heterocycles. The number of benzene rings is 3. The Labute approximate surface area is 210 Å². The molecule has 4 aromatic rings. The molecule has 0 spiro atoms. The molecule has 2 N–H and O–H groups in total. The molecule has 0 aliphatic rings. The fraction of sp³-hybridized carbons (Fsp3) is 0.207. The number of likely N-dealkylation sites (N-methyl/N-ethyl adjacent to an activating group) is 1. The van der Waals surface area contributed by atoms with Gasteiger partial charge < -0.3 is 15.2 Å². The molecule has 1 aromatic heterocycles. The van der Waals surface area contributed by atoms with Gasteiger partial charge in [-0.1, -0.05) is 55.5 Å². The molecule has 4 rings (SSSR count). The summed E-state index contributed by atoms with van der Waals surface area (Å²) in [5, 5.41) is 6.46. The van der Waals surface area contributed by atoms with Gasteiger partial charge in [0, 0.05) is 36.2 Å². The molecule has 0 unspecified atom stereocenters. The minimum atomic E-state index is -0.210. The van der Waals surface area contributed by atoms with Gasteiger partial charge in [-0.3, -0.25) is 19.3 Å². The summed E-state index contributed by atoms with van der Waals surface area (Å²) in [4.78, 5) is 39.4. The molecule has 2 amide bonds. The van der Waals surface area contributed by atoms with E-state index in [4.69, 9.17) is 0 Å². The minimum Gasteiger partial charge on any atom is -0.343 e. The maximum atomic E-state index is 13.7. The summed E-state index contributed by atoms with van der Waals surface area (Å²) in [5.41, 5.74) is 4.79. The van der Waals surface area contributed by atoms with Crippen LogP contribution in [0.4, 0.5) is 11.4 Å². The number of ketones is 1. The van der Waals surface area contributed by atoms with Gasteiger partial charge in [-0.25, -0.2) is 0 Å². The number of aromatic nitrogens is 1. The van der Waals surface area contributed by atoms with Crippen molar-refractivity contribution >= 4 is 39.9 Å². The molecular weight excluding hydrogens is 452 g/mol. The zero-order chi connectivity index (χ0) is 25.7. The van der Waals surface area contributed by atoms with Crippen molar-refractivity contribution in [1.82, 2.24) is 9.47 Å². The summed E-state index contributed by atoms with van der Waals surface area (Å²) < 4.78 is 2.06. The van der Waals surface area contributed by atoms with Crippen LogP contribution < -0.4 is 10.6 Å². The molecule has 0 aliphatic heterocycles. The van der Waals surface area contributed by atoms with Gasteiger partial charge in [-0.2, -0.15) is 0 Å². The Morgan fingerprint density at radius 1 is 0.806 bits per heavy atom. The molecule has 0 fully saturated rings. The SMILES string of the molecule is CCN(CC(=O)Nc1ccc(NC(C)=O)cc1)CC(=O)c1c(-c2ccccc2)n(C)c2ccccc12. The number of fused-ring (bicyclic) bond motifs is 1. The third-order valence-electron chi connectivity index (χ3n) is 6.10. The fourth-order valence-electron chi connectivity index (χ4n) is 4.41. The molecular formula is C29H30N4O3. The highest BCUT2D eigenvalue weighted by Crippen LogP contribution is 2.33. The topological polar surface area (TPSA) is 83.4 Å². The fourth-order valence-corrected chi connectivity index (χ4v) is 4.41. The summed E-state index contributed by atoms with van der Waals surface area (Å²) in [6.45, 7) is 4.13. The molecule has 0 saturated heterocycles. The number of hydrogen-bond donors (Lipinski definition) is 2. The highest BCUT2D eigenvalue weighted by Gasteiger charge is 2.24. The molecule has 0 atom stereocenters. The largest absolute Gasteiger partial charge is 0.343 e. The highest BCUT2D eigenvalue weighted by atomic mass is 16.2. The maximum absolute atomic E-state index is 13.7. The van der Waals surface area contributed by atoms with Crippen molar-refractivity contribution in [2.75, 3.05) is 30.3 Å². The Morgan fingerprint density at radius 3 is 2.06 bits per heavy atom. The number of nitrogens with one attached hydrogen (secondary N) is 2. The van der Waals surface area contributed by atoms with Crippen LogP contribution in [0.2, 0.25) is 0 Å². The number of aryl methyl sites for hydroxylation is 1. The van der Waals surface area contributed by atoms with Crippen LogP contribution in [0.5, 0.6) is 0 Å². The van der Waals surface area contributed by atoms with Crippen LogP contribution in [0.15, 0.2) is 78.9 Å². The summed E-state index contributed by atoms with van der Waals surface area (Å²) in [7, 11) is 1.98. The minimum absolute atomic E-state index is 0.0278. The zero-order valence-corrected chi connectivity index (χ0v) is 20.7. The standard InChI is InChI=1S/C29H30N4O3/c1-4-33(19-27(36)31-23-16-14-22(15-17-23)30-20(2)34)18-26(35)28-24-12-8-9-13-25(24)32(3)29(28)21-10-6-5-7-11-21/h5-17H,4,18-19H2,1-3H3,(H,30,34)(H,31,36). The van der Waals surface area contributed by atoms with E-state index in [0.717, 1.165) is 22.2 Å². The molecule has 0 radical (unpaired) electrons. The van der Waals surface area contributed by atoms with Crippen molar-refractivity contribution in [2.45, 2.75) is 13.8 Å². The number of carbonyl (C=O) groups excluding carboxylic acids is 3. The number of rotatable bonds is 9. The molecule has 7 nitrogen and oxygen atoms in total. The van der Waals surface area contributed by atoms with E-state index in [0.29, 0.717) is 23.5 Å². The van der Waals surface area contributed by atoms with Gasteiger partial charge in [0.25, 0.3) is 0 Å². The van der Waals surface area contributed by atoms with Crippen LogP contribution in [0.3, 0.4) is 0 Å². The predicted octanol–water partition coefficient (Wildman–Crippen LogP) is 4.95. The monoisotopic (exact) mass is 482 g/mol. The average molecular weight is 483 g/mol. The smallest absolute Gasteiger partial charge is 0.238 e. The summed E-state index contributed by atoms with van der Waals surface area (Å²) >= 11 is 0.